The number of benzene rings is 2. The van der Waals surface area contributed by atoms with Crippen LogP contribution in [0.25, 0.3) is 0 Å². The summed E-state index contributed by atoms with van der Waals surface area (Å²) in [5, 5.41) is 9.64. The number of aryl methyl sites for hydroxylation is 1. The molecule has 0 aliphatic heterocycles. The number of hydrogen-bond donors (Lipinski definition) is 2. The SMILES string of the molecule is COc1ccc(C)cc1S(=O)(=O)Nc1ccccc1O. The number of phenolic OH excluding ortho intramolecular Hbond substituents is 1. The Kier molecular flexibility index (Phi) is 3.85. The zero-order valence-electron chi connectivity index (χ0n) is 11.1. The summed E-state index contributed by atoms with van der Waals surface area (Å²) in [4.78, 5) is 0.0308. The van der Waals surface area contributed by atoms with Crippen LogP contribution in [0.1, 0.15) is 5.56 Å². The van der Waals surface area contributed by atoms with Crippen molar-refractivity contribution in [1.82, 2.24) is 0 Å². The molecule has 0 spiro atoms. The van der Waals surface area contributed by atoms with E-state index in [4.69, 9.17) is 4.74 Å². The van der Waals surface area contributed by atoms with Gasteiger partial charge in [0.15, 0.2) is 0 Å². The molecule has 106 valence electrons. The van der Waals surface area contributed by atoms with Crippen LogP contribution in [0.3, 0.4) is 0 Å². The van der Waals surface area contributed by atoms with Crippen molar-refractivity contribution in [2.45, 2.75) is 11.8 Å². The number of anilines is 1. The van der Waals surface area contributed by atoms with Gasteiger partial charge in [-0.3, -0.25) is 4.72 Å². The second-order valence-corrected chi connectivity index (χ2v) is 5.93. The Morgan fingerprint density at radius 3 is 2.50 bits per heavy atom. The Labute approximate surface area is 117 Å². The highest BCUT2D eigenvalue weighted by Crippen LogP contribution is 2.29. The lowest BCUT2D eigenvalue weighted by Crippen LogP contribution is -2.14. The topological polar surface area (TPSA) is 75.6 Å². The van der Waals surface area contributed by atoms with Crippen LogP contribution in [0.2, 0.25) is 0 Å². The molecule has 5 nitrogen and oxygen atoms in total. The zero-order chi connectivity index (χ0) is 14.8. The van der Waals surface area contributed by atoms with Gasteiger partial charge in [0.25, 0.3) is 10.0 Å². The number of hydrogen-bond acceptors (Lipinski definition) is 4. The molecule has 0 fully saturated rings. The normalized spacial score (nSPS) is 11.1. The van der Waals surface area contributed by atoms with Crippen LogP contribution in [-0.2, 0) is 10.0 Å². The van der Waals surface area contributed by atoms with E-state index in [0.717, 1.165) is 5.56 Å². The molecule has 20 heavy (non-hydrogen) atoms. The highest BCUT2D eigenvalue weighted by molar-refractivity contribution is 7.92. The molecule has 0 aliphatic carbocycles. The van der Waals surface area contributed by atoms with E-state index in [-0.39, 0.29) is 22.1 Å². The average molecular weight is 293 g/mol. The Morgan fingerprint density at radius 1 is 1.15 bits per heavy atom. The van der Waals surface area contributed by atoms with Gasteiger partial charge >= 0.3 is 0 Å². The van der Waals surface area contributed by atoms with Gasteiger partial charge in [0, 0.05) is 0 Å². The molecule has 2 aromatic carbocycles. The van der Waals surface area contributed by atoms with Crippen LogP contribution in [0.15, 0.2) is 47.4 Å². The average Bonchev–Trinajstić information content (AvgIpc) is 2.41. The Bertz CT molecular complexity index is 726. The van der Waals surface area contributed by atoms with Crippen molar-refractivity contribution >= 4 is 15.7 Å². The maximum atomic E-state index is 12.4. The second-order valence-electron chi connectivity index (χ2n) is 4.28. The van der Waals surface area contributed by atoms with Gasteiger partial charge in [-0.25, -0.2) is 8.42 Å². The van der Waals surface area contributed by atoms with E-state index in [0.29, 0.717) is 0 Å². The van der Waals surface area contributed by atoms with Crippen LogP contribution >= 0.6 is 0 Å². The number of sulfonamides is 1. The number of nitrogens with one attached hydrogen (secondary N) is 1. The summed E-state index contributed by atoms with van der Waals surface area (Å²) in [5.41, 5.74) is 0.916. The third kappa shape index (κ3) is 2.85. The van der Waals surface area contributed by atoms with Gasteiger partial charge in [0.2, 0.25) is 0 Å². The lowest BCUT2D eigenvalue weighted by Gasteiger charge is -2.13. The molecule has 0 aliphatic rings. The molecule has 2 N–H and O–H groups in total. The molecule has 0 unspecified atom stereocenters. The van der Waals surface area contributed by atoms with Gasteiger partial charge in [-0.05, 0) is 36.8 Å². The van der Waals surface area contributed by atoms with E-state index in [9.17, 15) is 13.5 Å². The smallest absolute Gasteiger partial charge is 0.265 e. The number of rotatable bonds is 4. The summed E-state index contributed by atoms with van der Waals surface area (Å²) in [6, 6.07) is 11.0. The molecule has 0 radical (unpaired) electrons. The highest BCUT2D eigenvalue weighted by Gasteiger charge is 2.20. The van der Waals surface area contributed by atoms with E-state index in [1.807, 2.05) is 0 Å². The molecule has 2 rings (SSSR count). The Hall–Kier alpha value is -2.21. The van der Waals surface area contributed by atoms with Crippen LogP contribution in [0.5, 0.6) is 11.5 Å². The van der Waals surface area contributed by atoms with Crippen LogP contribution < -0.4 is 9.46 Å². The zero-order valence-corrected chi connectivity index (χ0v) is 11.9. The fraction of sp³-hybridized carbons (Fsp3) is 0.143. The fourth-order valence-corrected chi connectivity index (χ4v) is 3.08. The molecule has 0 saturated heterocycles. The maximum Gasteiger partial charge on any atom is 0.265 e. The van der Waals surface area contributed by atoms with E-state index in [1.54, 1.807) is 31.2 Å². The number of para-hydroxylation sites is 2. The second kappa shape index (κ2) is 5.42. The van der Waals surface area contributed by atoms with E-state index in [1.165, 1.54) is 25.3 Å². The van der Waals surface area contributed by atoms with Crippen molar-refractivity contribution in [2.24, 2.45) is 0 Å². The molecule has 0 heterocycles. The molecular formula is C14H15NO4S. The quantitative estimate of drug-likeness (QED) is 0.849. The van der Waals surface area contributed by atoms with Gasteiger partial charge in [-0.15, -0.1) is 0 Å². The lowest BCUT2D eigenvalue weighted by molar-refractivity contribution is 0.402. The largest absolute Gasteiger partial charge is 0.506 e. The van der Waals surface area contributed by atoms with Crippen molar-refractivity contribution in [2.75, 3.05) is 11.8 Å². The summed E-state index contributed by atoms with van der Waals surface area (Å²) in [7, 11) is -2.43. The summed E-state index contributed by atoms with van der Waals surface area (Å²) < 4.78 is 32.2. The summed E-state index contributed by atoms with van der Waals surface area (Å²) >= 11 is 0. The van der Waals surface area contributed by atoms with Crippen molar-refractivity contribution in [3.8, 4) is 11.5 Å². The number of ether oxygens (including phenoxy) is 1. The first-order valence-electron chi connectivity index (χ1n) is 5.89. The van der Waals surface area contributed by atoms with Crippen LogP contribution in [-0.4, -0.2) is 20.6 Å². The third-order valence-electron chi connectivity index (χ3n) is 2.76. The minimum absolute atomic E-state index is 0.0308. The first-order valence-corrected chi connectivity index (χ1v) is 7.38. The van der Waals surface area contributed by atoms with Crippen molar-refractivity contribution in [1.29, 1.82) is 0 Å². The van der Waals surface area contributed by atoms with Crippen LogP contribution in [0.4, 0.5) is 5.69 Å². The van der Waals surface area contributed by atoms with Gasteiger partial charge in [0.05, 0.1) is 12.8 Å². The predicted octanol–water partition coefficient (Wildman–Crippen LogP) is 2.51. The molecule has 0 bridgehead atoms. The minimum atomic E-state index is -3.84. The molecule has 2 aromatic rings. The van der Waals surface area contributed by atoms with Gasteiger partial charge in [0.1, 0.15) is 16.4 Å². The van der Waals surface area contributed by atoms with Crippen molar-refractivity contribution in [3.05, 3.63) is 48.0 Å². The first-order chi connectivity index (χ1) is 9.44. The van der Waals surface area contributed by atoms with Gasteiger partial charge < -0.3 is 9.84 Å². The molecule has 0 amide bonds. The summed E-state index contributed by atoms with van der Waals surface area (Å²) in [6.45, 7) is 1.79. The fourth-order valence-electron chi connectivity index (χ4n) is 1.75. The van der Waals surface area contributed by atoms with E-state index in [2.05, 4.69) is 4.72 Å². The maximum absolute atomic E-state index is 12.4. The summed E-state index contributed by atoms with van der Waals surface area (Å²) in [5.74, 6) is 0.112. The Morgan fingerprint density at radius 2 is 1.85 bits per heavy atom. The lowest BCUT2D eigenvalue weighted by atomic mass is 10.2. The third-order valence-corrected chi connectivity index (χ3v) is 4.14. The molecule has 0 atom stereocenters. The number of phenols is 1. The predicted molar refractivity (Wildman–Crippen MR) is 76.6 cm³/mol. The Balaban J connectivity index is 2.46. The van der Waals surface area contributed by atoms with Crippen molar-refractivity contribution < 1.29 is 18.3 Å². The number of aromatic hydroxyl groups is 1. The van der Waals surface area contributed by atoms with E-state index < -0.39 is 10.0 Å². The molecule has 6 heteroatoms. The van der Waals surface area contributed by atoms with Crippen LogP contribution in [0, 0.1) is 6.92 Å². The van der Waals surface area contributed by atoms with Gasteiger partial charge in [-0.2, -0.15) is 0 Å². The highest BCUT2D eigenvalue weighted by atomic mass is 32.2. The standard InChI is InChI=1S/C14H15NO4S/c1-10-7-8-13(19-2)14(9-10)20(17,18)15-11-5-3-4-6-12(11)16/h3-9,15-16H,1-2H3. The molecule has 0 saturated carbocycles. The molecular weight excluding hydrogens is 278 g/mol. The monoisotopic (exact) mass is 293 g/mol. The number of methoxy groups -OCH3 is 1. The van der Waals surface area contributed by atoms with Crippen molar-refractivity contribution in [3.63, 3.8) is 0 Å². The van der Waals surface area contributed by atoms with Gasteiger partial charge in [-0.1, -0.05) is 18.2 Å². The van der Waals surface area contributed by atoms with E-state index >= 15 is 0 Å². The first kappa shape index (κ1) is 14.2. The summed E-state index contributed by atoms with van der Waals surface area (Å²) in [6.07, 6.45) is 0. The molecule has 0 aromatic heterocycles. The minimum Gasteiger partial charge on any atom is -0.506 e.